The van der Waals surface area contributed by atoms with Crippen LogP contribution in [0.1, 0.15) is 33.6 Å². The highest BCUT2D eigenvalue weighted by molar-refractivity contribution is 5.56. The van der Waals surface area contributed by atoms with E-state index in [4.69, 9.17) is 4.74 Å². The molecule has 0 aliphatic rings. The lowest BCUT2D eigenvalue weighted by molar-refractivity contribution is -0.384. The number of hydrogen-bond donors (Lipinski definition) is 2. The van der Waals surface area contributed by atoms with Gasteiger partial charge >= 0.3 is 0 Å². The Hall–Kier alpha value is -1.82. The van der Waals surface area contributed by atoms with Crippen molar-refractivity contribution in [2.24, 2.45) is 0 Å². The van der Waals surface area contributed by atoms with Crippen molar-refractivity contribution in [2.75, 3.05) is 18.5 Å². The molecule has 0 saturated carbocycles. The SMILES string of the molecule is CCCOc1cc(NCC(C)(O)CC)cc([N+](=O)[O-])c1. The van der Waals surface area contributed by atoms with E-state index in [2.05, 4.69) is 5.32 Å². The van der Waals surface area contributed by atoms with Gasteiger partial charge in [-0.3, -0.25) is 10.1 Å². The Kier molecular flexibility index (Phi) is 5.76. The van der Waals surface area contributed by atoms with Crippen LogP contribution < -0.4 is 10.1 Å². The molecular formula is C14H22N2O4. The molecule has 0 amide bonds. The summed E-state index contributed by atoms with van der Waals surface area (Å²) in [5.41, 5.74) is -0.314. The van der Waals surface area contributed by atoms with Crippen molar-refractivity contribution in [3.8, 4) is 5.75 Å². The maximum atomic E-state index is 10.9. The highest BCUT2D eigenvalue weighted by Gasteiger charge is 2.18. The van der Waals surface area contributed by atoms with E-state index in [-0.39, 0.29) is 5.69 Å². The van der Waals surface area contributed by atoms with Crippen molar-refractivity contribution in [3.05, 3.63) is 28.3 Å². The van der Waals surface area contributed by atoms with E-state index in [1.165, 1.54) is 12.1 Å². The molecule has 0 aromatic heterocycles. The van der Waals surface area contributed by atoms with Gasteiger partial charge in [-0.25, -0.2) is 0 Å². The summed E-state index contributed by atoms with van der Waals surface area (Å²) in [6, 6.07) is 4.54. The number of ether oxygens (including phenoxy) is 1. The fourth-order valence-electron chi connectivity index (χ4n) is 1.51. The van der Waals surface area contributed by atoms with Gasteiger partial charge in [0.25, 0.3) is 5.69 Å². The summed E-state index contributed by atoms with van der Waals surface area (Å²) < 4.78 is 5.44. The molecule has 0 aliphatic carbocycles. The molecule has 2 N–H and O–H groups in total. The second-order valence-electron chi connectivity index (χ2n) is 5.03. The summed E-state index contributed by atoms with van der Waals surface area (Å²) in [7, 11) is 0. The van der Waals surface area contributed by atoms with E-state index in [0.29, 0.717) is 31.0 Å². The highest BCUT2D eigenvalue weighted by atomic mass is 16.6. The Balaban J connectivity index is 2.88. The lowest BCUT2D eigenvalue weighted by Crippen LogP contribution is -2.32. The van der Waals surface area contributed by atoms with Crippen molar-refractivity contribution in [1.82, 2.24) is 0 Å². The molecule has 1 aromatic carbocycles. The van der Waals surface area contributed by atoms with Gasteiger partial charge in [-0.2, -0.15) is 0 Å². The van der Waals surface area contributed by atoms with E-state index >= 15 is 0 Å². The van der Waals surface area contributed by atoms with E-state index in [1.54, 1.807) is 13.0 Å². The maximum absolute atomic E-state index is 10.9. The number of nitrogens with one attached hydrogen (secondary N) is 1. The van der Waals surface area contributed by atoms with Crippen molar-refractivity contribution in [2.45, 2.75) is 39.2 Å². The Labute approximate surface area is 118 Å². The summed E-state index contributed by atoms with van der Waals surface area (Å²) in [6.45, 7) is 6.39. The van der Waals surface area contributed by atoms with Gasteiger partial charge in [-0.1, -0.05) is 13.8 Å². The van der Waals surface area contributed by atoms with E-state index in [9.17, 15) is 15.2 Å². The molecule has 6 nitrogen and oxygen atoms in total. The molecule has 0 radical (unpaired) electrons. The molecule has 1 atom stereocenters. The van der Waals surface area contributed by atoms with Crippen molar-refractivity contribution in [1.29, 1.82) is 0 Å². The topological polar surface area (TPSA) is 84.6 Å². The van der Waals surface area contributed by atoms with Gasteiger partial charge in [-0.15, -0.1) is 0 Å². The molecule has 1 unspecified atom stereocenters. The molecule has 6 heteroatoms. The molecule has 0 saturated heterocycles. The third-order valence-electron chi connectivity index (χ3n) is 3.01. The first kappa shape index (κ1) is 16.2. The number of hydrogen-bond acceptors (Lipinski definition) is 5. The Morgan fingerprint density at radius 2 is 2.10 bits per heavy atom. The summed E-state index contributed by atoms with van der Waals surface area (Å²) in [5.74, 6) is 0.458. The van der Waals surface area contributed by atoms with Crippen LogP contribution in [-0.4, -0.2) is 28.8 Å². The molecule has 0 heterocycles. The van der Waals surface area contributed by atoms with Crippen LogP contribution in [0.3, 0.4) is 0 Å². The van der Waals surface area contributed by atoms with Crippen molar-refractivity contribution < 1.29 is 14.8 Å². The number of nitrogens with zero attached hydrogens (tertiary/aromatic N) is 1. The molecule has 0 fully saturated rings. The second kappa shape index (κ2) is 7.09. The van der Waals surface area contributed by atoms with E-state index < -0.39 is 10.5 Å². The normalized spacial score (nSPS) is 13.6. The van der Waals surface area contributed by atoms with Crippen LogP contribution in [0.5, 0.6) is 5.75 Å². The average Bonchev–Trinajstić information content (AvgIpc) is 2.43. The number of nitro groups is 1. The predicted molar refractivity (Wildman–Crippen MR) is 78.3 cm³/mol. The van der Waals surface area contributed by atoms with Gasteiger partial charge in [0.15, 0.2) is 0 Å². The molecule has 1 rings (SSSR count). The summed E-state index contributed by atoms with van der Waals surface area (Å²) in [5, 5.41) is 23.9. The van der Waals surface area contributed by atoms with Crippen molar-refractivity contribution >= 4 is 11.4 Å². The van der Waals surface area contributed by atoms with Gasteiger partial charge in [0.05, 0.1) is 23.2 Å². The fraction of sp³-hybridized carbons (Fsp3) is 0.571. The van der Waals surface area contributed by atoms with Crippen LogP contribution in [0.15, 0.2) is 18.2 Å². The maximum Gasteiger partial charge on any atom is 0.275 e. The number of benzene rings is 1. The molecular weight excluding hydrogens is 260 g/mol. The molecule has 20 heavy (non-hydrogen) atoms. The minimum absolute atomic E-state index is 0.0303. The third kappa shape index (κ3) is 5.05. The van der Waals surface area contributed by atoms with Crippen LogP contribution in [0.2, 0.25) is 0 Å². The quantitative estimate of drug-likeness (QED) is 0.565. The summed E-state index contributed by atoms with van der Waals surface area (Å²) in [4.78, 5) is 10.5. The standard InChI is InChI=1S/C14H22N2O4/c1-4-6-20-13-8-11(7-12(9-13)16(18)19)15-10-14(3,17)5-2/h7-9,15,17H,4-6,10H2,1-3H3. The predicted octanol–water partition coefficient (Wildman–Crippen LogP) is 2.96. The Bertz CT molecular complexity index is 460. The Morgan fingerprint density at radius 3 is 2.65 bits per heavy atom. The number of nitro benzene ring substituents is 1. The summed E-state index contributed by atoms with van der Waals surface area (Å²) in [6.07, 6.45) is 1.42. The molecule has 112 valence electrons. The minimum Gasteiger partial charge on any atom is -0.493 e. The smallest absolute Gasteiger partial charge is 0.275 e. The second-order valence-corrected chi connectivity index (χ2v) is 5.03. The zero-order valence-electron chi connectivity index (χ0n) is 12.2. The molecule has 0 spiro atoms. The molecule has 0 aliphatic heterocycles. The van der Waals surface area contributed by atoms with Gasteiger partial charge in [0, 0.05) is 24.4 Å². The first-order valence-corrected chi connectivity index (χ1v) is 6.76. The number of aliphatic hydroxyl groups is 1. The largest absolute Gasteiger partial charge is 0.493 e. The number of non-ortho nitro benzene ring substituents is 1. The highest BCUT2D eigenvalue weighted by Crippen LogP contribution is 2.26. The Morgan fingerprint density at radius 1 is 1.40 bits per heavy atom. The minimum atomic E-state index is -0.852. The monoisotopic (exact) mass is 282 g/mol. The third-order valence-corrected chi connectivity index (χ3v) is 3.01. The van der Waals surface area contributed by atoms with E-state index in [0.717, 1.165) is 6.42 Å². The fourth-order valence-corrected chi connectivity index (χ4v) is 1.51. The average molecular weight is 282 g/mol. The first-order chi connectivity index (χ1) is 9.38. The van der Waals surface area contributed by atoms with E-state index in [1.807, 2.05) is 13.8 Å². The van der Waals surface area contributed by atoms with Crippen LogP contribution in [0.4, 0.5) is 11.4 Å². The van der Waals surface area contributed by atoms with Crippen LogP contribution >= 0.6 is 0 Å². The molecule has 0 bridgehead atoms. The van der Waals surface area contributed by atoms with Gasteiger partial charge in [0.2, 0.25) is 0 Å². The molecule has 1 aromatic rings. The number of rotatable bonds is 8. The van der Waals surface area contributed by atoms with Crippen LogP contribution in [-0.2, 0) is 0 Å². The van der Waals surface area contributed by atoms with Crippen LogP contribution in [0.25, 0.3) is 0 Å². The van der Waals surface area contributed by atoms with Gasteiger partial charge in [-0.05, 0) is 19.8 Å². The zero-order chi connectivity index (χ0) is 15.2. The summed E-state index contributed by atoms with van der Waals surface area (Å²) >= 11 is 0. The first-order valence-electron chi connectivity index (χ1n) is 6.76. The van der Waals surface area contributed by atoms with Crippen molar-refractivity contribution in [3.63, 3.8) is 0 Å². The number of anilines is 1. The van der Waals surface area contributed by atoms with Gasteiger partial charge < -0.3 is 15.2 Å². The zero-order valence-corrected chi connectivity index (χ0v) is 12.2. The lowest BCUT2D eigenvalue weighted by atomic mass is 10.0. The van der Waals surface area contributed by atoms with Crippen LogP contribution in [0, 0.1) is 10.1 Å². The van der Waals surface area contributed by atoms with Gasteiger partial charge in [0.1, 0.15) is 5.75 Å². The lowest BCUT2D eigenvalue weighted by Gasteiger charge is -2.22.